The lowest BCUT2D eigenvalue weighted by molar-refractivity contribution is -0.119. The zero-order chi connectivity index (χ0) is 24.9. The Labute approximate surface area is 211 Å². The highest BCUT2D eigenvalue weighted by atomic mass is 32.2. The molecule has 0 aliphatic rings. The highest BCUT2D eigenvalue weighted by Gasteiger charge is 2.19. The number of aromatic nitrogens is 2. The molecule has 178 valence electrons. The molecule has 0 spiro atoms. The molecular formula is C29H22FN3O2S. The molecule has 0 atom stereocenters. The Morgan fingerprint density at radius 3 is 2.06 bits per heavy atom. The second kappa shape index (κ2) is 10.6. The first-order valence-corrected chi connectivity index (χ1v) is 12.4. The van der Waals surface area contributed by atoms with Crippen molar-refractivity contribution in [3.63, 3.8) is 0 Å². The van der Waals surface area contributed by atoms with Crippen molar-refractivity contribution in [1.82, 2.24) is 14.9 Å². The Hall–Kier alpha value is -4.23. The average Bonchev–Trinajstić information content (AvgIpc) is 2.92. The summed E-state index contributed by atoms with van der Waals surface area (Å²) in [7, 11) is 0. The molecular weight excluding hydrogens is 473 g/mol. The molecule has 0 unspecified atom stereocenters. The maximum Gasteiger partial charge on any atom is 0.266 e. The fraction of sp³-hybridized carbons (Fsp3) is 0.0690. The molecule has 36 heavy (non-hydrogen) atoms. The van der Waals surface area contributed by atoms with Crippen LogP contribution in [0, 0.1) is 5.82 Å². The minimum atomic E-state index is -0.401. The van der Waals surface area contributed by atoms with Crippen LogP contribution in [0.2, 0.25) is 0 Å². The molecule has 4 aromatic carbocycles. The van der Waals surface area contributed by atoms with E-state index in [-0.39, 0.29) is 23.3 Å². The van der Waals surface area contributed by atoms with Crippen LogP contribution in [0.15, 0.2) is 119 Å². The number of carbonyl (C=O) groups is 1. The van der Waals surface area contributed by atoms with Gasteiger partial charge >= 0.3 is 0 Å². The fourth-order valence-electron chi connectivity index (χ4n) is 4.01. The van der Waals surface area contributed by atoms with Gasteiger partial charge < -0.3 is 5.32 Å². The highest BCUT2D eigenvalue weighted by Crippen LogP contribution is 2.24. The van der Waals surface area contributed by atoms with Crippen LogP contribution in [0.4, 0.5) is 4.39 Å². The van der Waals surface area contributed by atoms with Gasteiger partial charge in [-0.15, -0.1) is 0 Å². The van der Waals surface area contributed by atoms with Gasteiger partial charge in [0, 0.05) is 0 Å². The number of nitrogens with one attached hydrogen (secondary N) is 1. The number of amides is 1. The van der Waals surface area contributed by atoms with Crippen LogP contribution in [0.3, 0.4) is 0 Å². The van der Waals surface area contributed by atoms with Gasteiger partial charge in [-0.2, -0.15) is 0 Å². The molecule has 1 N–H and O–H groups in total. The Kier molecular flexibility index (Phi) is 6.91. The maximum absolute atomic E-state index is 13.6. The highest BCUT2D eigenvalue weighted by molar-refractivity contribution is 7.99. The van der Waals surface area contributed by atoms with E-state index >= 15 is 0 Å². The number of fused-ring (bicyclic) bond motifs is 1. The van der Waals surface area contributed by atoms with Crippen molar-refractivity contribution in [3.8, 4) is 5.69 Å². The molecule has 0 radical (unpaired) electrons. The number of para-hydroxylation sites is 1. The van der Waals surface area contributed by atoms with Gasteiger partial charge in [0.2, 0.25) is 5.91 Å². The van der Waals surface area contributed by atoms with Gasteiger partial charge in [0.15, 0.2) is 5.16 Å². The standard InChI is InChI=1S/C29H22FN3O2S/c30-22-15-17-23(18-16-22)33-28(35)24-13-7-8-14-25(24)31-29(33)36-19-26(34)32-27(20-9-3-1-4-10-20)21-11-5-2-6-12-21/h1-18,27H,19H2,(H,32,34). The zero-order valence-corrected chi connectivity index (χ0v) is 20.0. The predicted molar refractivity (Wildman–Crippen MR) is 141 cm³/mol. The Balaban J connectivity index is 1.44. The molecule has 0 fully saturated rings. The van der Waals surface area contributed by atoms with Gasteiger partial charge in [-0.3, -0.25) is 14.2 Å². The minimum Gasteiger partial charge on any atom is -0.344 e. The third-order valence-electron chi connectivity index (χ3n) is 5.73. The summed E-state index contributed by atoms with van der Waals surface area (Å²) < 4.78 is 15.0. The molecule has 0 saturated heterocycles. The van der Waals surface area contributed by atoms with Crippen LogP contribution in [0.25, 0.3) is 16.6 Å². The molecule has 0 aliphatic heterocycles. The largest absolute Gasteiger partial charge is 0.344 e. The van der Waals surface area contributed by atoms with E-state index in [1.807, 2.05) is 66.7 Å². The van der Waals surface area contributed by atoms with Gasteiger partial charge in [-0.25, -0.2) is 9.37 Å². The summed E-state index contributed by atoms with van der Waals surface area (Å²) in [5, 5.41) is 3.92. The molecule has 1 heterocycles. The van der Waals surface area contributed by atoms with E-state index in [2.05, 4.69) is 10.3 Å². The molecule has 0 aliphatic carbocycles. The topological polar surface area (TPSA) is 64.0 Å². The van der Waals surface area contributed by atoms with Crippen molar-refractivity contribution in [2.75, 3.05) is 5.75 Å². The SMILES string of the molecule is O=C(CSc1nc2ccccc2c(=O)n1-c1ccc(F)cc1)NC(c1ccccc1)c1ccccc1. The van der Waals surface area contributed by atoms with Crippen molar-refractivity contribution in [1.29, 1.82) is 0 Å². The molecule has 5 rings (SSSR count). The molecule has 0 saturated carbocycles. The van der Waals surface area contributed by atoms with E-state index in [1.54, 1.807) is 18.2 Å². The summed E-state index contributed by atoms with van der Waals surface area (Å²) in [6.45, 7) is 0. The number of hydrogen-bond acceptors (Lipinski definition) is 4. The van der Waals surface area contributed by atoms with Gasteiger partial charge in [-0.1, -0.05) is 84.6 Å². The van der Waals surface area contributed by atoms with Crippen LogP contribution in [-0.4, -0.2) is 21.2 Å². The third kappa shape index (κ3) is 5.06. The van der Waals surface area contributed by atoms with Crippen molar-refractivity contribution in [2.45, 2.75) is 11.2 Å². The predicted octanol–water partition coefficient (Wildman–Crippen LogP) is 5.52. The first-order chi connectivity index (χ1) is 17.6. The van der Waals surface area contributed by atoms with Gasteiger partial charge in [-0.05, 0) is 47.5 Å². The van der Waals surface area contributed by atoms with Crippen LogP contribution < -0.4 is 10.9 Å². The summed E-state index contributed by atoms with van der Waals surface area (Å²) in [4.78, 5) is 31.1. The van der Waals surface area contributed by atoms with E-state index in [9.17, 15) is 14.0 Å². The van der Waals surface area contributed by atoms with Gasteiger partial charge in [0.05, 0.1) is 28.4 Å². The number of rotatable bonds is 7. The molecule has 0 bridgehead atoms. The third-order valence-corrected chi connectivity index (χ3v) is 6.67. The number of benzene rings is 4. The monoisotopic (exact) mass is 495 g/mol. The summed E-state index contributed by atoms with van der Waals surface area (Å²) in [5.74, 6) is -0.560. The average molecular weight is 496 g/mol. The van der Waals surface area contributed by atoms with Crippen molar-refractivity contribution in [3.05, 3.63) is 136 Å². The normalized spacial score (nSPS) is 11.1. The first-order valence-electron chi connectivity index (χ1n) is 11.4. The van der Waals surface area contributed by atoms with E-state index in [0.717, 1.165) is 22.9 Å². The number of hydrogen-bond donors (Lipinski definition) is 1. The van der Waals surface area contributed by atoms with Gasteiger partial charge in [0.1, 0.15) is 5.82 Å². The van der Waals surface area contributed by atoms with Crippen molar-refractivity contribution < 1.29 is 9.18 Å². The summed E-state index contributed by atoms with van der Waals surface area (Å²) in [5.41, 5.74) is 2.67. The van der Waals surface area contributed by atoms with E-state index in [1.165, 1.54) is 28.8 Å². The molecule has 7 heteroatoms. The Morgan fingerprint density at radius 1 is 0.833 bits per heavy atom. The summed E-state index contributed by atoms with van der Waals surface area (Å²) in [6.07, 6.45) is 0. The zero-order valence-electron chi connectivity index (χ0n) is 19.2. The smallest absolute Gasteiger partial charge is 0.266 e. The molecule has 1 aromatic heterocycles. The number of thioether (sulfide) groups is 1. The quantitative estimate of drug-likeness (QED) is 0.238. The minimum absolute atomic E-state index is 0.0438. The summed E-state index contributed by atoms with van der Waals surface area (Å²) >= 11 is 1.16. The fourth-order valence-corrected chi connectivity index (χ4v) is 4.83. The molecule has 5 aromatic rings. The van der Waals surface area contributed by atoms with Gasteiger partial charge in [0.25, 0.3) is 5.56 Å². The van der Waals surface area contributed by atoms with E-state index in [4.69, 9.17) is 0 Å². The Bertz CT molecular complexity index is 1520. The number of nitrogens with zero attached hydrogens (tertiary/aromatic N) is 2. The van der Waals surface area contributed by atoms with Crippen molar-refractivity contribution >= 4 is 28.6 Å². The lowest BCUT2D eigenvalue weighted by Crippen LogP contribution is -2.31. The van der Waals surface area contributed by atoms with E-state index in [0.29, 0.717) is 21.7 Å². The maximum atomic E-state index is 13.6. The number of halogens is 1. The number of carbonyl (C=O) groups excluding carboxylic acids is 1. The van der Waals surface area contributed by atoms with E-state index < -0.39 is 5.82 Å². The second-order valence-corrected chi connectivity index (χ2v) is 9.08. The molecule has 5 nitrogen and oxygen atoms in total. The van der Waals surface area contributed by atoms with Crippen LogP contribution in [0.1, 0.15) is 17.2 Å². The Morgan fingerprint density at radius 2 is 1.42 bits per heavy atom. The molecule has 1 amide bonds. The lowest BCUT2D eigenvalue weighted by atomic mass is 9.99. The van der Waals surface area contributed by atoms with Crippen molar-refractivity contribution in [2.24, 2.45) is 0 Å². The summed E-state index contributed by atoms with van der Waals surface area (Å²) in [6, 6.07) is 31.9. The lowest BCUT2D eigenvalue weighted by Gasteiger charge is -2.20. The van der Waals surface area contributed by atoms with Crippen LogP contribution >= 0.6 is 11.8 Å². The van der Waals surface area contributed by atoms with Crippen LogP contribution in [-0.2, 0) is 4.79 Å². The second-order valence-electron chi connectivity index (χ2n) is 8.14. The van der Waals surface area contributed by atoms with Crippen LogP contribution in [0.5, 0.6) is 0 Å². The first kappa shape index (κ1) is 23.5.